The van der Waals surface area contributed by atoms with Gasteiger partial charge in [-0.2, -0.15) is 8.78 Å². The van der Waals surface area contributed by atoms with Crippen molar-refractivity contribution in [3.63, 3.8) is 0 Å². The van der Waals surface area contributed by atoms with Crippen LogP contribution in [-0.4, -0.2) is 44.5 Å². The fourth-order valence-electron chi connectivity index (χ4n) is 3.92. The molecule has 5 aromatic rings. The standard InChI is InChI=1S/C25H21F2N9O3/c1-25(26,27)23-29-10-15(11-30-23)17-7-5-8-18(32-17)33-19(37)13-35-14-31-21-20(35)22(38)36(24(39)34(21)2)12-16-6-3-4-9-28-16/h3-11,14H,12-13H2,1-2H3,(H,32,33,37). The molecule has 0 aromatic carbocycles. The highest BCUT2D eigenvalue weighted by Crippen LogP contribution is 2.24. The average Bonchev–Trinajstić information content (AvgIpc) is 3.34. The largest absolute Gasteiger partial charge is 0.332 e. The smallest absolute Gasteiger partial charge is 0.315 e. The first kappa shape index (κ1) is 25.5. The number of halogens is 2. The summed E-state index contributed by atoms with van der Waals surface area (Å²) in [5.41, 5.74) is 0.313. The normalized spacial score (nSPS) is 11.6. The highest BCUT2D eigenvalue weighted by atomic mass is 19.3. The molecule has 5 heterocycles. The van der Waals surface area contributed by atoms with E-state index in [0.29, 0.717) is 23.9 Å². The number of amides is 1. The van der Waals surface area contributed by atoms with Crippen molar-refractivity contribution >= 4 is 22.9 Å². The molecule has 5 aromatic heterocycles. The maximum atomic E-state index is 13.4. The molecule has 0 unspecified atom stereocenters. The van der Waals surface area contributed by atoms with Gasteiger partial charge in [-0.05, 0) is 24.3 Å². The molecule has 0 aliphatic carbocycles. The number of anilines is 1. The molecule has 0 radical (unpaired) electrons. The Morgan fingerprint density at radius 1 is 1.03 bits per heavy atom. The van der Waals surface area contributed by atoms with Crippen molar-refractivity contribution in [3.05, 3.63) is 93.7 Å². The lowest BCUT2D eigenvalue weighted by atomic mass is 10.2. The fraction of sp³-hybridized carbons (Fsp3) is 0.200. The first-order valence-corrected chi connectivity index (χ1v) is 11.6. The predicted molar refractivity (Wildman–Crippen MR) is 136 cm³/mol. The van der Waals surface area contributed by atoms with Gasteiger partial charge in [-0.1, -0.05) is 12.1 Å². The quantitative estimate of drug-likeness (QED) is 0.335. The minimum absolute atomic E-state index is 0.0447. The molecular weight excluding hydrogens is 512 g/mol. The van der Waals surface area contributed by atoms with Crippen LogP contribution in [0.4, 0.5) is 14.6 Å². The zero-order valence-electron chi connectivity index (χ0n) is 20.7. The van der Waals surface area contributed by atoms with Gasteiger partial charge in [0.25, 0.3) is 5.56 Å². The van der Waals surface area contributed by atoms with Gasteiger partial charge in [-0.3, -0.25) is 23.7 Å². The first-order chi connectivity index (χ1) is 18.6. The van der Waals surface area contributed by atoms with Crippen LogP contribution in [0.1, 0.15) is 18.4 Å². The molecule has 39 heavy (non-hydrogen) atoms. The summed E-state index contributed by atoms with van der Waals surface area (Å²) >= 11 is 0. The van der Waals surface area contributed by atoms with Crippen LogP contribution in [0.2, 0.25) is 0 Å². The van der Waals surface area contributed by atoms with Crippen molar-refractivity contribution in [2.24, 2.45) is 7.05 Å². The molecule has 0 saturated carbocycles. The number of hydrogen-bond acceptors (Lipinski definition) is 8. The lowest BCUT2D eigenvalue weighted by Gasteiger charge is -2.11. The molecule has 0 aliphatic heterocycles. The Kier molecular flexibility index (Phi) is 6.52. The summed E-state index contributed by atoms with van der Waals surface area (Å²) in [6, 6.07) is 9.96. The van der Waals surface area contributed by atoms with Crippen LogP contribution in [0.3, 0.4) is 0 Å². The Bertz CT molecular complexity index is 1790. The number of fused-ring (bicyclic) bond motifs is 1. The third-order valence-electron chi connectivity index (χ3n) is 5.82. The highest BCUT2D eigenvalue weighted by Gasteiger charge is 2.27. The first-order valence-electron chi connectivity index (χ1n) is 11.6. The minimum Gasteiger partial charge on any atom is -0.315 e. The third kappa shape index (κ3) is 5.16. The molecule has 1 amide bonds. The van der Waals surface area contributed by atoms with Gasteiger partial charge in [0.1, 0.15) is 12.4 Å². The van der Waals surface area contributed by atoms with Gasteiger partial charge in [-0.15, -0.1) is 0 Å². The lowest BCUT2D eigenvalue weighted by Crippen LogP contribution is -2.40. The Hall–Kier alpha value is -5.14. The summed E-state index contributed by atoms with van der Waals surface area (Å²) in [7, 11) is 1.49. The Morgan fingerprint density at radius 3 is 2.49 bits per heavy atom. The van der Waals surface area contributed by atoms with Gasteiger partial charge in [0.2, 0.25) is 5.91 Å². The number of alkyl halides is 2. The van der Waals surface area contributed by atoms with Crippen molar-refractivity contribution in [2.45, 2.75) is 25.9 Å². The number of carbonyl (C=O) groups is 1. The summed E-state index contributed by atoms with van der Waals surface area (Å²) in [6.07, 6.45) is 5.33. The van der Waals surface area contributed by atoms with E-state index in [9.17, 15) is 23.2 Å². The number of hydrogen-bond donors (Lipinski definition) is 1. The monoisotopic (exact) mass is 533 g/mol. The average molecular weight is 533 g/mol. The third-order valence-corrected chi connectivity index (χ3v) is 5.82. The molecule has 0 spiro atoms. The SMILES string of the molecule is Cn1c(=O)n(Cc2ccccn2)c(=O)c2c1ncn2CC(=O)Nc1cccc(-c2cnc(C(C)(F)F)nc2)n1. The van der Waals surface area contributed by atoms with Crippen molar-refractivity contribution in [2.75, 3.05) is 5.32 Å². The number of aromatic nitrogens is 8. The number of rotatable bonds is 7. The zero-order chi connectivity index (χ0) is 27.7. The van der Waals surface area contributed by atoms with Crippen LogP contribution >= 0.6 is 0 Å². The number of imidazole rings is 1. The van der Waals surface area contributed by atoms with Gasteiger partial charge in [0.05, 0.1) is 24.3 Å². The molecule has 0 atom stereocenters. The molecule has 12 nitrogen and oxygen atoms in total. The van der Waals surface area contributed by atoms with E-state index in [1.165, 1.54) is 34.9 Å². The van der Waals surface area contributed by atoms with Gasteiger partial charge < -0.3 is 9.88 Å². The van der Waals surface area contributed by atoms with E-state index in [-0.39, 0.29) is 30.1 Å². The Labute approximate surface area is 218 Å². The van der Waals surface area contributed by atoms with E-state index in [2.05, 4.69) is 30.2 Å². The molecule has 198 valence electrons. The van der Waals surface area contributed by atoms with Crippen LogP contribution in [-0.2, 0) is 30.9 Å². The van der Waals surface area contributed by atoms with E-state index in [1.807, 2.05) is 0 Å². The Balaban J connectivity index is 1.39. The van der Waals surface area contributed by atoms with Crippen molar-refractivity contribution in [3.8, 4) is 11.3 Å². The number of nitrogens with zero attached hydrogens (tertiary/aromatic N) is 8. The van der Waals surface area contributed by atoms with Gasteiger partial charge in [0.15, 0.2) is 17.0 Å². The van der Waals surface area contributed by atoms with Gasteiger partial charge >= 0.3 is 11.6 Å². The molecular formula is C25H21F2N9O3. The zero-order valence-corrected chi connectivity index (χ0v) is 20.7. The second kappa shape index (κ2) is 9.96. The van der Waals surface area contributed by atoms with Crippen LogP contribution in [0, 0.1) is 0 Å². The van der Waals surface area contributed by atoms with Gasteiger partial charge in [0, 0.05) is 38.1 Å². The van der Waals surface area contributed by atoms with Crippen molar-refractivity contribution in [1.82, 2.24) is 38.6 Å². The summed E-state index contributed by atoms with van der Waals surface area (Å²) < 4.78 is 30.4. The maximum absolute atomic E-state index is 13.4. The van der Waals surface area contributed by atoms with E-state index >= 15 is 0 Å². The van der Waals surface area contributed by atoms with Gasteiger partial charge in [-0.25, -0.2) is 24.7 Å². The molecule has 0 saturated heterocycles. The van der Waals surface area contributed by atoms with Crippen LogP contribution in [0.15, 0.2) is 70.9 Å². The Morgan fingerprint density at radius 2 is 1.79 bits per heavy atom. The summed E-state index contributed by atoms with van der Waals surface area (Å²) in [6.45, 7) is 0.370. The lowest BCUT2D eigenvalue weighted by molar-refractivity contribution is -0.116. The maximum Gasteiger partial charge on any atom is 0.332 e. The van der Waals surface area contributed by atoms with E-state index in [0.717, 1.165) is 4.57 Å². The number of carbonyl (C=O) groups excluding carboxylic acids is 1. The molecule has 14 heteroatoms. The van der Waals surface area contributed by atoms with E-state index in [4.69, 9.17) is 0 Å². The van der Waals surface area contributed by atoms with Crippen LogP contribution in [0.5, 0.6) is 0 Å². The van der Waals surface area contributed by atoms with Crippen molar-refractivity contribution in [1.29, 1.82) is 0 Å². The number of aryl methyl sites for hydroxylation is 1. The second-order valence-electron chi connectivity index (χ2n) is 8.74. The molecule has 5 rings (SSSR count). The van der Waals surface area contributed by atoms with Crippen molar-refractivity contribution < 1.29 is 13.6 Å². The number of pyridine rings is 2. The fourth-order valence-corrected chi connectivity index (χ4v) is 3.92. The second-order valence-corrected chi connectivity index (χ2v) is 8.74. The topological polar surface area (TPSA) is 142 Å². The van der Waals surface area contributed by atoms with E-state index < -0.39 is 28.9 Å². The molecule has 0 fully saturated rings. The number of nitrogens with one attached hydrogen (secondary N) is 1. The molecule has 1 N–H and O–H groups in total. The molecule has 0 aliphatic rings. The van der Waals surface area contributed by atoms with E-state index in [1.54, 1.807) is 42.6 Å². The summed E-state index contributed by atoms with van der Waals surface area (Å²) in [4.78, 5) is 59.0. The highest BCUT2D eigenvalue weighted by molar-refractivity contribution is 5.90. The summed E-state index contributed by atoms with van der Waals surface area (Å²) in [5, 5.41) is 2.64. The summed E-state index contributed by atoms with van der Waals surface area (Å²) in [5.74, 6) is -4.11. The van der Waals surface area contributed by atoms with Crippen LogP contribution < -0.4 is 16.6 Å². The molecule has 0 bridgehead atoms. The minimum atomic E-state index is -3.17. The predicted octanol–water partition coefficient (Wildman–Crippen LogP) is 1.94. The van der Waals surface area contributed by atoms with Crippen LogP contribution in [0.25, 0.3) is 22.4 Å².